The highest BCUT2D eigenvalue weighted by Crippen LogP contribution is 2.26. The molecule has 0 saturated heterocycles. The van der Waals surface area contributed by atoms with E-state index in [-0.39, 0.29) is 0 Å². The Balaban J connectivity index is 2.41. The van der Waals surface area contributed by atoms with Crippen LogP contribution in [0.2, 0.25) is 0 Å². The Morgan fingerprint density at radius 3 is 3.00 bits per heavy atom. The lowest BCUT2D eigenvalue weighted by Crippen LogP contribution is -1.95. The monoisotopic (exact) mass is 213 g/mol. The van der Waals surface area contributed by atoms with Gasteiger partial charge in [-0.05, 0) is 25.1 Å². The lowest BCUT2D eigenvalue weighted by atomic mass is 10.2. The van der Waals surface area contributed by atoms with Crippen LogP contribution in [0, 0.1) is 12.3 Å². The van der Waals surface area contributed by atoms with Gasteiger partial charge in [-0.3, -0.25) is 0 Å². The van der Waals surface area contributed by atoms with E-state index in [0.717, 1.165) is 24.1 Å². The SMILES string of the molecule is C#CCCn1ccc2c(OCC)cccc21. The molecule has 2 nitrogen and oxygen atoms in total. The number of rotatable bonds is 4. The molecular weight excluding hydrogens is 198 g/mol. The minimum atomic E-state index is 0.689. The van der Waals surface area contributed by atoms with Crippen LogP contribution in [0.5, 0.6) is 5.75 Å². The molecule has 0 aliphatic carbocycles. The van der Waals surface area contributed by atoms with Crippen molar-refractivity contribution in [1.82, 2.24) is 4.57 Å². The van der Waals surface area contributed by atoms with Crippen LogP contribution < -0.4 is 4.74 Å². The maximum absolute atomic E-state index is 5.58. The molecule has 0 bridgehead atoms. The van der Waals surface area contributed by atoms with E-state index in [1.165, 1.54) is 5.52 Å². The molecule has 2 heteroatoms. The molecule has 0 amide bonds. The first-order chi connectivity index (χ1) is 7.86. The van der Waals surface area contributed by atoms with Crippen LogP contribution in [0.1, 0.15) is 13.3 Å². The predicted octanol–water partition coefficient (Wildman–Crippen LogP) is 3.06. The molecule has 1 aromatic carbocycles. The maximum atomic E-state index is 5.58. The summed E-state index contributed by atoms with van der Waals surface area (Å²) in [7, 11) is 0. The molecule has 82 valence electrons. The molecule has 16 heavy (non-hydrogen) atoms. The average Bonchev–Trinajstić information content (AvgIpc) is 2.71. The van der Waals surface area contributed by atoms with Gasteiger partial charge in [0.15, 0.2) is 0 Å². The number of aryl methyl sites for hydroxylation is 1. The highest BCUT2D eigenvalue weighted by atomic mass is 16.5. The first-order valence-corrected chi connectivity index (χ1v) is 5.51. The van der Waals surface area contributed by atoms with E-state index in [1.807, 2.05) is 19.1 Å². The van der Waals surface area contributed by atoms with E-state index in [0.29, 0.717) is 6.61 Å². The lowest BCUT2D eigenvalue weighted by Gasteiger charge is -2.06. The van der Waals surface area contributed by atoms with Gasteiger partial charge in [0.25, 0.3) is 0 Å². The van der Waals surface area contributed by atoms with Crippen molar-refractivity contribution in [3.05, 3.63) is 30.5 Å². The lowest BCUT2D eigenvalue weighted by molar-refractivity contribution is 0.344. The van der Waals surface area contributed by atoms with Gasteiger partial charge in [-0.1, -0.05) is 6.07 Å². The molecule has 0 saturated carbocycles. The molecular formula is C14H15NO. The number of fused-ring (bicyclic) bond motifs is 1. The third-order valence-electron chi connectivity index (χ3n) is 2.57. The summed E-state index contributed by atoms with van der Waals surface area (Å²) in [6.45, 7) is 3.54. The van der Waals surface area contributed by atoms with Crippen molar-refractivity contribution < 1.29 is 4.74 Å². The van der Waals surface area contributed by atoms with E-state index in [2.05, 4.69) is 28.8 Å². The van der Waals surface area contributed by atoms with Crippen LogP contribution in [0.3, 0.4) is 0 Å². The molecule has 0 atom stereocenters. The third kappa shape index (κ3) is 1.90. The van der Waals surface area contributed by atoms with Crippen molar-refractivity contribution in [2.75, 3.05) is 6.61 Å². The Morgan fingerprint density at radius 1 is 1.38 bits per heavy atom. The number of hydrogen-bond donors (Lipinski definition) is 0. The second-order valence-electron chi connectivity index (χ2n) is 3.59. The van der Waals surface area contributed by atoms with Crippen molar-refractivity contribution in [3.63, 3.8) is 0 Å². The molecule has 0 unspecified atom stereocenters. The highest BCUT2D eigenvalue weighted by molar-refractivity contribution is 5.86. The van der Waals surface area contributed by atoms with Gasteiger partial charge < -0.3 is 9.30 Å². The van der Waals surface area contributed by atoms with Crippen molar-refractivity contribution in [2.24, 2.45) is 0 Å². The van der Waals surface area contributed by atoms with Crippen LogP contribution in [0.4, 0.5) is 0 Å². The quantitative estimate of drug-likeness (QED) is 0.712. The Kier molecular flexibility index (Phi) is 3.16. The summed E-state index contributed by atoms with van der Waals surface area (Å²) in [5, 5.41) is 1.15. The number of benzene rings is 1. The topological polar surface area (TPSA) is 14.2 Å². The summed E-state index contributed by atoms with van der Waals surface area (Å²) in [5.74, 6) is 3.60. The number of ether oxygens (including phenoxy) is 1. The first-order valence-electron chi connectivity index (χ1n) is 5.51. The van der Waals surface area contributed by atoms with Gasteiger partial charge in [-0.2, -0.15) is 0 Å². The van der Waals surface area contributed by atoms with E-state index in [9.17, 15) is 0 Å². The Labute approximate surface area is 95.8 Å². The number of aromatic nitrogens is 1. The van der Waals surface area contributed by atoms with E-state index in [4.69, 9.17) is 11.2 Å². The molecule has 2 rings (SSSR count). The molecule has 0 N–H and O–H groups in total. The van der Waals surface area contributed by atoms with Gasteiger partial charge in [-0.15, -0.1) is 12.3 Å². The second-order valence-corrected chi connectivity index (χ2v) is 3.59. The van der Waals surface area contributed by atoms with Gasteiger partial charge >= 0.3 is 0 Å². The standard InChI is InChI=1S/C14H15NO/c1-3-5-10-15-11-9-12-13(15)7-6-8-14(12)16-4-2/h1,6-9,11H,4-5,10H2,2H3. The number of terminal acetylenes is 1. The Hall–Kier alpha value is -1.88. The van der Waals surface area contributed by atoms with Crippen LogP contribution >= 0.6 is 0 Å². The maximum Gasteiger partial charge on any atom is 0.128 e. The number of hydrogen-bond acceptors (Lipinski definition) is 1. The van der Waals surface area contributed by atoms with Crippen LogP contribution in [-0.2, 0) is 6.54 Å². The minimum absolute atomic E-state index is 0.689. The molecule has 1 heterocycles. The van der Waals surface area contributed by atoms with Crippen LogP contribution in [-0.4, -0.2) is 11.2 Å². The van der Waals surface area contributed by atoms with Crippen molar-refractivity contribution in [1.29, 1.82) is 0 Å². The zero-order valence-corrected chi connectivity index (χ0v) is 9.44. The van der Waals surface area contributed by atoms with Crippen molar-refractivity contribution in [2.45, 2.75) is 19.9 Å². The fourth-order valence-corrected chi connectivity index (χ4v) is 1.86. The van der Waals surface area contributed by atoms with E-state index < -0.39 is 0 Å². The van der Waals surface area contributed by atoms with Crippen LogP contribution in [0.15, 0.2) is 30.5 Å². The van der Waals surface area contributed by atoms with Gasteiger partial charge in [0.05, 0.1) is 12.1 Å². The molecule has 0 aliphatic heterocycles. The fraction of sp³-hybridized carbons (Fsp3) is 0.286. The average molecular weight is 213 g/mol. The second kappa shape index (κ2) is 4.76. The molecule has 0 fully saturated rings. The summed E-state index contributed by atoms with van der Waals surface area (Å²) in [6, 6.07) is 8.18. The van der Waals surface area contributed by atoms with E-state index >= 15 is 0 Å². The minimum Gasteiger partial charge on any atom is -0.493 e. The van der Waals surface area contributed by atoms with Gasteiger partial charge in [0.1, 0.15) is 5.75 Å². The van der Waals surface area contributed by atoms with Crippen molar-refractivity contribution in [3.8, 4) is 18.1 Å². The van der Waals surface area contributed by atoms with Crippen LogP contribution in [0.25, 0.3) is 10.9 Å². The smallest absolute Gasteiger partial charge is 0.128 e. The summed E-state index contributed by atoms with van der Waals surface area (Å²) in [4.78, 5) is 0. The van der Waals surface area contributed by atoms with Gasteiger partial charge in [0, 0.05) is 24.5 Å². The molecule has 0 radical (unpaired) electrons. The highest BCUT2D eigenvalue weighted by Gasteiger charge is 2.05. The normalized spacial score (nSPS) is 10.2. The van der Waals surface area contributed by atoms with Crippen molar-refractivity contribution >= 4 is 10.9 Å². The summed E-state index contributed by atoms with van der Waals surface area (Å²) >= 11 is 0. The molecule has 2 aromatic rings. The molecule has 0 spiro atoms. The van der Waals surface area contributed by atoms with Gasteiger partial charge in [-0.25, -0.2) is 0 Å². The third-order valence-corrected chi connectivity index (χ3v) is 2.57. The summed E-state index contributed by atoms with van der Waals surface area (Å²) in [6.07, 6.45) is 8.09. The summed E-state index contributed by atoms with van der Waals surface area (Å²) in [5.41, 5.74) is 1.18. The summed E-state index contributed by atoms with van der Waals surface area (Å²) < 4.78 is 7.75. The zero-order chi connectivity index (χ0) is 11.4. The van der Waals surface area contributed by atoms with E-state index in [1.54, 1.807) is 0 Å². The Morgan fingerprint density at radius 2 is 2.25 bits per heavy atom. The Bertz CT molecular complexity index is 519. The largest absolute Gasteiger partial charge is 0.493 e. The molecule has 1 aromatic heterocycles. The van der Waals surface area contributed by atoms with Gasteiger partial charge in [0.2, 0.25) is 0 Å². The predicted molar refractivity (Wildman–Crippen MR) is 66.6 cm³/mol. The zero-order valence-electron chi connectivity index (χ0n) is 9.44. The number of nitrogens with zero attached hydrogens (tertiary/aromatic N) is 1. The first kappa shape index (κ1) is 10.6. The molecule has 0 aliphatic rings. The fourth-order valence-electron chi connectivity index (χ4n) is 1.86.